The molecule has 0 amide bonds. The molecule has 8 rings (SSSR count). The van der Waals surface area contributed by atoms with Crippen LogP contribution in [0.1, 0.15) is 107 Å². The van der Waals surface area contributed by atoms with Gasteiger partial charge in [-0.15, -0.1) is 0 Å². The van der Waals surface area contributed by atoms with Crippen LogP contribution < -0.4 is 10.4 Å². The second kappa shape index (κ2) is 13.8. The van der Waals surface area contributed by atoms with Crippen LogP contribution in [0.2, 0.25) is 5.04 Å². The van der Waals surface area contributed by atoms with E-state index in [-0.39, 0.29) is 46.9 Å². The summed E-state index contributed by atoms with van der Waals surface area (Å²) < 4.78 is 34.3. The van der Waals surface area contributed by atoms with Crippen molar-refractivity contribution < 1.29 is 43.2 Å². The van der Waals surface area contributed by atoms with Gasteiger partial charge in [-0.2, -0.15) is 0 Å². The van der Waals surface area contributed by atoms with Crippen LogP contribution >= 0.6 is 0 Å². The fourth-order valence-corrected chi connectivity index (χ4v) is 18.0. The molecule has 2 aromatic carbocycles. The van der Waals surface area contributed by atoms with Crippen molar-refractivity contribution in [3.63, 3.8) is 0 Å². The first-order valence-electron chi connectivity index (χ1n) is 21.4. The molecule has 0 unspecified atom stereocenters. The van der Waals surface area contributed by atoms with Gasteiger partial charge >= 0.3 is 11.9 Å². The van der Waals surface area contributed by atoms with Gasteiger partial charge in [0.25, 0.3) is 8.32 Å². The first kappa shape index (κ1) is 40.9. The molecule has 2 aliphatic heterocycles. The standard InChI is InChI=1S/C47H64O9Si/c1-29-46(51)40(26-38-36-21-20-32-24-33(52-30(2)49)22-23-44(32,8)37(36)25-39(45(38,46)9)53-31(3)50)54-47(29)41(27-43(7,28-48)56-47)55-57(42(4,5)6,34-16-12-10-13-17-34)35-18-14-11-15-19-35/h10-19,26,29,32-33,36-37,39-41,48,51H,20-25,27-28H2,1-9H3/t29-,32-,33-,36+,37-,39+,40-,41+,43-,44-,45+,46+,47-/m0/s1. The highest BCUT2D eigenvalue weighted by Gasteiger charge is 2.80. The van der Waals surface area contributed by atoms with Crippen LogP contribution in [0, 0.1) is 34.5 Å². The Morgan fingerprint density at radius 3 is 2.05 bits per heavy atom. The van der Waals surface area contributed by atoms with E-state index in [0.29, 0.717) is 18.8 Å². The fourth-order valence-electron chi connectivity index (χ4n) is 13.3. The van der Waals surface area contributed by atoms with Gasteiger partial charge in [0.05, 0.1) is 17.6 Å². The molecule has 310 valence electrons. The summed E-state index contributed by atoms with van der Waals surface area (Å²) in [5, 5.41) is 26.6. The van der Waals surface area contributed by atoms with Gasteiger partial charge in [-0.3, -0.25) is 9.59 Å². The number of hydrogen-bond donors (Lipinski definition) is 2. The zero-order valence-corrected chi connectivity index (χ0v) is 36.4. The van der Waals surface area contributed by atoms with Crippen molar-refractivity contribution in [2.24, 2.45) is 34.5 Å². The molecule has 10 heteroatoms. The van der Waals surface area contributed by atoms with Gasteiger partial charge in [-0.1, -0.05) is 107 Å². The summed E-state index contributed by atoms with van der Waals surface area (Å²) in [7, 11) is -3.16. The van der Waals surface area contributed by atoms with E-state index in [9.17, 15) is 19.8 Å². The van der Waals surface area contributed by atoms with Gasteiger partial charge in [0, 0.05) is 26.2 Å². The van der Waals surface area contributed by atoms with Crippen LogP contribution in [0.3, 0.4) is 0 Å². The lowest BCUT2D eigenvalue weighted by atomic mass is 9.44. The molecule has 2 aromatic rings. The minimum atomic E-state index is -3.16. The molecule has 0 aromatic heterocycles. The highest BCUT2D eigenvalue weighted by molar-refractivity contribution is 6.99. The molecule has 2 N–H and O–H groups in total. The SMILES string of the molecule is CC(=O)O[C@H]1CC[C@@]2(C)[C@@H](CC[C@H]3C4=C[C@@H]5O[C@]6(O[C@](C)(CO)C[C@H]6O[Si](c6ccccc6)(c6ccccc6)C(C)(C)C)[C@@H](C)[C@]5(O)[C@@]4(C)[C@H](OC(C)=O)C[C@@H]32)C1. The molecule has 13 atom stereocenters. The normalized spacial score (nSPS) is 42.4. The van der Waals surface area contributed by atoms with E-state index >= 15 is 0 Å². The number of aliphatic hydroxyl groups is 2. The summed E-state index contributed by atoms with van der Waals surface area (Å²) in [5.41, 5.74) is -2.42. The number of fused-ring (bicyclic) bond motifs is 7. The van der Waals surface area contributed by atoms with Gasteiger partial charge in [-0.05, 0) is 91.0 Å². The molecule has 4 aliphatic carbocycles. The van der Waals surface area contributed by atoms with Crippen molar-refractivity contribution in [2.75, 3.05) is 6.61 Å². The summed E-state index contributed by atoms with van der Waals surface area (Å²) in [6.45, 7) is 17.8. The summed E-state index contributed by atoms with van der Waals surface area (Å²) >= 11 is 0. The van der Waals surface area contributed by atoms with E-state index in [0.717, 1.165) is 48.1 Å². The Morgan fingerprint density at radius 2 is 1.49 bits per heavy atom. The molecule has 1 spiro atoms. The topological polar surface area (TPSA) is 121 Å². The lowest BCUT2D eigenvalue weighted by Gasteiger charge is -2.62. The van der Waals surface area contributed by atoms with Crippen molar-refractivity contribution in [3.8, 4) is 0 Å². The molecule has 3 saturated carbocycles. The largest absolute Gasteiger partial charge is 0.463 e. The van der Waals surface area contributed by atoms with Crippen molar-refractivity contribution in [2.45, 2.75) is 154 Å². The van der Waals surface area contributed by atoms with E-state index in [4.69, 9.17) is 23.4 Å². The van der Waals surface area contributed by atoms with E-state index in [2.05, 4.69) is 89.2 Å². The first-order chi connectivity index (χ1) is 26.8. The van der Waals surface area contributed by atoms with Crippen LogP contribution in [-0.4, -0.2) is 78.5 Å². The molecular formula is C47H64O9Si. The van der Waals surface area contributed by atoms with Gasteiger partial charge < -0.3 is 33.6 Å². The average Bonchev–Trinajstić information content (AvgIpc) is 3.67. The predicted molar refractivity (Wildman–Crippen MR) is 219 cm³/mol. The second-order valence-corrected chi connectivity index (χ2v) is 24.4. The van der Waals surface area contributed by atoms with Crippen molar-refractivity contribution in [3.05, 3.63) is 72.3 Å². The lowest BCUT2D eigenvalue weighted by Crippen LogP contribution is -2.70. The highest BCUT2D eigenvalue weighted by atomic mass is 28.4. The second-order valence-electron chi connectivity index (χ2n) is 20.1. The van der Waals surface area contributed by atoms with E-state index in [1.165, 1.54) is 13.8 Å². The Labute approximate surface area is 340 Å². The number of benzene rings is 2. The van der Waals surface area contributed by atoms with Gasteiger partial charge in [0.15, 0.2) is 0 Å². The van der Waals surface area contributed by atoms with Crippen molar-refractivity contribution in [1.82, 2.24) is 0 Å². The Morgan fingerprint density at radius 1 is 0.877 bits per heavy atom. The molecule has 0 bridgehead atoms. The Balaban J connectivity index is 1.22. The van der Waals surface area contributed by atoms with Crippen LogP contribution in [0.4, 0.5) is 0 Å². The number of esters is 2. The van der Waals surface area contributed by atoms with Crippen LogP contribution in [0.15, 0.2) is 72.3 Å². The summed E-state index contributed by atoms with van der Waals surface area (Å²) in [4.78, 5) is 25.0. The predicted octanol–water partition coefficient (Wildman–Crippen LogP) is 6.61. The molecule has 2 heterocycles. The first-order valence-corrected chi connectivity index (χ1v) is 23.3. The highest BCUT2D eigenvalue weighted by Crippen LogP contribution is 2.72. The number of aliphatic hydroxyl groups excluding tert-OH is 1. The van der Waals surface area contributed by atoms with Gasteiger partial charge in [0.2, 0.25) is 5.79 Å². The monoisotopic (exact) mass is 800 g/mol. The summed E-state index contributed by atoms with van der Waals surface area (Å²) in [5.74, 6) is -1.90. The van der Waals surface area contributed by atoms with E-state index in [1.54, 1.807) is 0 Å². The molecule has 0 radical (unpaired) electrons. The number of ether oxygens (including phenoxy) is 4. The third kappa shape index (κ3) is 5.85. The molecule has 9 nitrogen and oxygen atoms in total. The zero-order valence-electron chi connectivity index (χ0n) is 35.4. The molecule has 6 aliphatic rings. The number of rotatable bonds is 7. The molecule has 57 heavy (non-hydrogen) atoms. The average molecular weight is 801 g/mol. The van der Waals surface area contributed by atoms with Gasteiger partial charge in [-0.25, -0.2) is 0 Å². The van der Waals surface area contributed by atoms with Crippen LogP contribution in [0.25, 0.3) is 0 Å². The Hall–Kier alpha value is -2.86. The van der Waals surface area contributed by atoms with Crippen molar-refractivity contribution in [1.29, 1.82) is 0 Å². The number of hydrogen-bond acceptors (Lipinski definition) is 9. The maximum absolute atomic E-state index is 13.7. The minimum Gasteiger partial charge on any atom is -0.463 e. The fraction of sp³-hybridized carbons (Fsp3) is 0.660. The lowest BCUT2D eigenvalue weighted by molar-refractivity contribution is -0.278. The maximum Gasteiger partial charge on any atom is 0.302 e. The van der Waals surface area contributed by atoms with Crippen LogP contribution in [0.5, 0.6) is 0 Å². The maximum atomic E-state index is 13.7. The molecule has 2 saturated heterocycles. The van der Waals surface area contributed by atoms with E-state index < -0.39 is 55.0 Å². The van der Waals surface area contributed by atoms with E-state index in [1.807, 2.05) is 26.0 Å². The van der Waals surface area contributed by atoms with Gasteiger partial charge in [0.1, 0.15) is 30.0 Å². The Bertz CT molecular complexity index is 1860. The molecule has 5 fully saturated rings. The third-order valence-corrected chi connectivity index (χ3v) is 21.2. The molecular weight excluding hydrogens is 737 g/mol. The van der Waals surface area contributed by atoms with Crippen molar-refractivity contribution >= 4 is 30.6 Å². The third-order valence-electron chi connectivity index (χ3n) is 16.1. The van der Waals surface area contributed by atoms with Crippen LogP contribution in [-0.2, 0) is 33.0 Å². The zero-order chi connectivity index (χ0) is 41.0. The quantitative estimate of drug-likeness (QED) is 0.181. The number of carbonyl (C=O) groups is 2. The smallest absolute Gasteiger partial charge is 0.302 e. The number of carbonyl (C=O) groups excluding carboxylic acids is 2. The minimum absolute atomic E-state index is 0.0413. The Kier molecular flexibility index (Phi) is 9.93. The summed E-state index contributed by atoms with van der Waals surface area (Å²) in [6.07, 6.45) is 5.56. The summed E-state index contributed by atoms with van der Waals surface area (Å²) in [6, 6.07) is 21.0.